The van der Waals surface area contributed by atoms with E-state index in [0.29, 0.717) is 16.0 Å². The Morgan fingerprint density at radius 3 is 2.48 bits per heavy atom. The molecule has 0 saturated heterocycles. The molecule has 1 aliphatic rings. The summed E-state index contributed by atoms with van der Waals surface area (Å²) in [4.78, 5) is 16.9. The van der Waals surface area contributed by atoms with E-state index in [-0.39, 0.29) is 12.6 Å². The van der Waals surface area contributed by atoms with Crippen molar-refractivity contribution in [2.24, 2.45) is 5.10 Å². The van der Waals surface area contributed by atoms with Gasteiger partial charge in [0.15, 0.2) is 0 Å². The van der Waals surface area contributed by atoms with Gasteiger partial charge in [0.05, 0.1) is 17.7 Å². The van der Waals surface area contributed by atoms with E-state index in [1.807, 2.05) is 39.0 Å². The SMILES string of the molecule is Cc1cc(C)c(S(=O)(=O)N(CC(=O)NN=Cc2cccnc2)C2CCCCC2)c(C)c1. The van der Waals surface area contributed by atoms with Gasteiger partial charge in [-0.05, 0) is 50.8 Å². The number of carbonyl (C=O) groups is 1. The van der Waals surface area contributed by atoms with Crippen LogP contribution < -0.4 is 5.43 Å². The number of aryl methyl sites for hydroxylation is 3. The molecular formula is C23H30N4O3S. The number of rotatable bonds is 7. The fraction of sp³-hybridized carbons (Fsp3) is 0.435. The van der Waals surface area contributed by atoms with Crippen LogP contribution in [0.4, 0.5) is 0 Å². The number of hydrazone groups is 1. The van der Waals surface area contributed by atoms with E-state index in [1.54, 1.807) is 18.5 Å². The summed E-state index contributed by atoms with van der Waals surface area (Å²) in [7, 11) is -3.84. The van der Waals surface area contributed by atoms with Crippen LogP contribution in [-0.2, 0) is 14.8 Å². The van der Waals surface area contributed by atoms with E-state index < -0.39 is 15.9 Å². The molecule has 1 aliphatic carbocycles. The summed E-state index contributed by atoms with van der Waals surface area (Å²) in [5, 5.41) is 3.96. The van der Waals surface area contributed by atoms with Crippen LogP contribution in [-0.4, -0.2) is 42.4 Å². The highest BCUT2D eigenvalue weighted by atomic mass is 32.2. The molecule has 0 unspecified atom stereocenters. The van der Waals surface area contributed by atoms with Gasteiger partial charge in [-0.3, -0.25) is 9.78 Å². The first-order chi connectivity index (χ1) is 14.8. The van der Waals surface area contributed by atoms with Gasteiger partial charge in [-0.2, -0.15) is 9.41 Å². The Morgan fingerprint density at radius 2 is 1.87 bits per heavy atom. The van der Waals surface area contributed by atoms with E-state index in [0.717, 1.165) is 43.2 Å². The minimum atomic E-state index is -3.84. The summed E-state index contributed by atoms with van der Waals surface area (Å²) in [6, 6.07) is 7.14. The van der Waals surface area contributed by atoms with Gasteiger partial charge in [-0.15, -0.1) is 0 Å². The van der Waals surface area contributed by atoms with Gasteiger partial charge in [-0.1, -0.05) is 43.0 Å². The molecule has 0 radical (unpaired) electrons. The molecule has 1 aromatic carbocycles. The number of sulfonamides is 1. The second-order valence-corrected chi connectivity index (χ2v) is 9.98. The van der Waals surface area contributed by atoms with Gasteiger partial charge in [0.1, 0.15) is 0 Å². The smallest absolute Gasteiger partial charge is 0.255 e. The van der Waals surface area contributed by atoms with Gasteiger partial charge >= 0.3 is 0 Å². The number of amides is 1. The standard InChI is InChI=1S/C23H30N4O3S/c1-17-12-18(2)23(19(3)13-17)31(29,30)27(21-9-5-4-6-10-21)16-22(28)26-25-15-20-8-7-11-24-14-20/h7-8,11-15,21H,4-6,9-10,16H2,1-3H3,(H,26,28). The van der Waals surface area contributed by atoms with Gasteiger partial charge in [0.25, 0.3) is 5.91 Å². The second kappa shape index (κ2) is 10.2. The number of nitrogens with zero attached hydrogens (tertiary/aromatic N) is 3. The number of carbonyl (C=O) groups excluding carboxylic acids is 1. The van der Waals surface area contributed by atoms with E-state index in [1.165, 1.54) is 10.5 Å². The third-order valence-corrected chi connectivity index (χ3v) is 7.74. The third kappa shape index (κ3) is 5.77. The summed E-state index contributed by atoms with van der Waals surface area (Å²) >= 11 is 0. The van der Waals surface area contributed by atoms with Gasteiger partial charge < -0.3 is 0 Å². The summed E-state index contributed by atoms with van der Waals surface area (Å²) in [5.41, 5.74) is 5.62. The van der Waals surface area contributed by atoms with E-state index in [9.17, 15) is 13.2 Å². The number of aromatic nitrogens is 1. The average Bonchev–Trinajstić information content (AvgIpc) is 2.72. The molecule has 2 aromatic rings. The van der Waals surface area contributed by atoms with Gasteiger partial charge in [-0.25, -0.2) is 13.8 Å². The Balaban J connectivity index is 1.84. The molecule has 7 nitrogen and oxygen atoms in total. The molecule has 1 heterocycles. The monoisotopic (exact) mass is 442 g/mol. The first kappa shape index (κ1) is 23.1. The van der Waals surface area contributed by atoms with Crippen LogP contribution in [0.25, 0.3) is 0 Å². The summed E-state index contributed by atoms with van der Waals surface area (Å²) in [5.74, 6) is -0.461. The molecule has 1 aromatic heterocycles. The van der Waals surface area contributed by atoms with Crippen molar-refractivity contribution in [3.05, 3.63) is 58.9 Å². The van der Waals surface area contributed by atoms with Crippen LogP contribution >= 0.6 is 0 Å². The summed E-state index contributed by atoms with van der Waals surface area (Å²) < 4.78 is 28.8. The summed E-state index contributed by atoms with van der Waals surface area (Å²) in [6.07, 6.45) is 9.29. The van der Waals surface area contributed by atoms with Crippen LogP contribution in [0.15, 0.2) is 46.7 Å². The van der Waals surface area contributed by atoms with Crippen molar-refractivity contribution in [3.8, 4) is 0 Å². The van der Waals surface area contributed by atoms with Crippen molar-refractivity contribution in [2.75, 3.05) is 6.54 Å². The maximum absolute atomic E-state index is 13.7. The lowest BCUT2D eigenvalue weighted by Crippen LogP contribution is -2.46. The normalized spacial score (nSPS) is 15.5. The molecule has 8 heteroatoms. The topological polar surface area (TPSA) is 91.7 Å². The zero-order valence-corrected chi connectivity index (χ0v) is 19.2. The lowest BCUT2D eigenvalue weighted by Gasteiger charge is -2.33. The number of benzene rings is 1. The van der Waals surface area contributed by atoms with E-state index in [2.05, 4.69) is 15.5 Å². The number of hydrogen-bond donors (Lipinski definition) is 1. The molecule has 0 atom stereocenters. The first-order valence-electron chi connectivity index (χ1n) is 10.6. The van der Waals surface area contributed by atoms with Crippen LogP contribution in [0.2, 0.25) is 0 Å². The molecule has 166 valence electrons. The Hall–Kier alpha value is -2.58. The lowest BCUT2D eigenvalue weighted by atomic mass is 9.95. The molecule has 1 saturated carbocycles. The van der Waals surface area contributed by atoms with Crippen molar-refractivity contribution in [1.82, 2.24) is 14.7 Å². The highest BCUT2D eigenvalue weighted by molar-refractivity contribution is 7.89. The van der Waals surface area contributed by atoms with Crippen molar-refractivity contribution in [2.45, 2.75) is 63.8 Å². The fourth-order valence-corrected chi connectivity index (χ4v) is 6.33. The third-order valence-electron chi connectivity index (χ3n) is 5.54. The van der Waals surface area contributed by atoms with Crippen LogP contribution in [0.3, 0.4) is 0 Å². The van der Waals surface area contributed by atoms with Crippen LogP contribution in [0, 0.1) is 20.8 Å². The van der Waals surface area contributed by atoms with E-state index in [4.69, 9.17) is 0 Å². The first-order valence-corrected chi connectivity index (χ1v) is 12.0. The molecular weight excluding hydrogens is 412 g/mol. The fourth-order valence-electron chi connectivity index (χ4n) is 4.28. The molecule has 1 amide bonds. The Bertz CT molecular complexity index is 1020. The second-order valence-electron chi connectivity index (χ2n) is 8.15. The molecule has 3 rings (SSSR count). The average molecular weight is 443 g/mol. The van der Waals surface area contributed by atoms with Crippen LogP contribution in [0.5, 0.6) is 0 Å². The molecule has 0 bridgehead atoms. The lowest BCUT2D eigenvalue weighted by molar-refractivity contribution is -0.121. The zero-order chi connectivity index (χ0) is 22.4. The van der Waals surface area contributed by atoms with Gasteiger partial charge in [0.2, 0.25) is 10.0 Å². The van der Waals surface area contributed by atoms with E-state index >= 15 is 0 Å². The largest absolute Gasteiger partial charge is 0.272 e. The summed E-state index contributed by atoms with van der Waals surface area (Å²) in [6.45, 7) is 5.31. The van der Waals surface area contributed by atoms with Crippen molar-refractivity contribution >= 4 is 22.1 Å². The highest BCUT2D eigenvalue weighted by Gasteiger charge is 2.35. The highest BCUT2D eigenvalue weighted by Crippen LogP contribution is 2.31. The minimum absolute atomic E-state index is 0.188. The van der Waals surface area contributed by atoms with Crippen molar-refractivity contribution in [3.63, 3.8) is 0 Å². The molecule has 1 N–H and O–H groups in total. The number of pyridine rings is 1. The number of hydrogen-bond acceptors (Lipinski definition) is 5. The Morgan fingerprint density at radius 1 is 1.19 bits per heavy atom. The molecule has 1 fully saturated rings. The van der Waals surface area contributed by atoms with Gasteiger partial charge in [0, 0.05) is 24.0 Å². The maximum atomic E-state index is 13.7. The molecule has 31 heavy (non-hydrogen) atoms. The molecule has 0 aliphatic heterocycles. The Labute approximate surface area is 184 Å². The van der Waals surface area contributed by atoms with Crippen molar-refractivity contribution in [1.29, 1.82) is 0 Å². The van der Waals surface area contributed by atoms with Crippen LogP contribution in [0.1, 0.15) is 54.4 Å². The maximum Gasteiger partial charge on any atom is 0.255 e. The quantitative estimate of drug-likeness (QED) is 0.525. The van der Waals surface area contributed by atoms with Crippen molar-refractivity contribution < 1.29 is 13.2 Å². The minimum Gasteiger partial charge on any atom is -0.272 e. The molecule has 0 spiro atoms. The number of nitrogens with one attached hydrogen (secondary N) is 1. The predicted octanol–water partition coefficient (Wildman–Crippen LogP) is 3.48. The zero-order valence-electron chi connectivity index (χ0n) is 18.3. The Kier molecular flexibility index (Phi) is 7.56. The predicted molar refractivity (Wildman–Crippen MR) is 121 cm³/mol.